The van der Waals surface area contributed by atoms with E-state index in [-0.39, 0.29) is 4.90 Å². The Morgan fingerprint density at radius 1 is 1.47 bits per heavy atom. The lowest BCUT2D eigenvalue weighted by Crippen LogP contribution is -2.20. The van der Waals surface area contributed by atoms with Crippen molar-refractivity contribution in [2.45, 2.75) is 23.5 Å². The van der Waals surface area contributed by atoms with Crippen molar-refractivity contribution in [3.8, 4) is 0 Å². The number of ether oxygens (including phenoxy) is 1. The summed E-state index contributed by atoms with van der Waals surface area (Å²) in [5.74, 6) is 0. The van der Waals surface area contributed by atoms with Crippen LogP contribution in [0.15, 0.2) is 27.6 Å². The fraction of sp³-hybridized carbons (Fsp3) is 0.455. The summed E-state index contributed by atoms with van der Waals surface area (Å²) < 4.78 is 29.9. The molecule has 0 spiro atoms. The SMILES string of the molecule is COCCC(C)S(=O)(=O)c1ccc(N)cc1Br. The Morgan fingerprint density at radius 3 is 2.65 bits per heavy atom. The lowest BCUT2D eigenvalue weighted by molar-refractivity contribution is 0.194. The zero-order chi connectivity index (χ0) is 13.1. The van der Waals surface area contributed by atoms with Gasteiger partial charge >= 0.3 is 0 Å². The maximum atomic E-state index is 12.2. The van der Waals surface area contributed by atoms with Crippen LogP contribution in [0.1, 0.15) is 13.3 Å². The van der Waals surface area contributed by atoms with Gasteiger partial charge in [0, 0.05) is 23.9 Å². The third-order valence-corrected chi connectivity index (χ3v) is 5.70. The van der Waals surface area contributed by atoms with E-state index in [1.807, 2.05) is 0 Å². The van der Waals surface area contributed by atoms with E-state index >= 15 is 0 Å². The zero-order valence-electron chi connectivity index (χ0n) is 9.81. The van der Waals surface area contributed by atoms with Crippen molar-refractivity contribution >= 4 is 31.5 Å². The Bertz CT molecular complexity index is 487. The molecule has 0 aliphatic rings. The molecule has 4 nitrogen and oxygen atoms in total. The van der Waals surface area contributed by atoms with E-state index in [1.54, 1.807) is 26.2 Å². The first kappa shape index (κ1) is 14.5. The van der Waals surface area contributed by atoms with Crippen LogP contribution in [0.4, 0.5) is 5.69 Å². The van der Waals surface area contributed by atoms with Crippen molar-refractivity contribution in [3.05, 3.63) is 22.7 Å². The summed E-state index contributed by atoms with van der Waals surface area (Å²) in [6, 6.07) is 4.70. The molecule has 0 saturated carbocycles. The van der Waals surface area contributed by atoms with E-state index < -0.39 is 15.1 Å². The molecule has 0 radical (unpaired) electrons. The molecule has 17 heavy (non-hydrogen) atoms. The van der Waals surface area contributed by atoms with Crippen LogP contribution >= 0.6 is 15.9 Å². The molecule has 0 aliphatic carbocycles. The van der Waals surface area contributed by atoms with Crippen LogP contribution in [-0.2, 0) is 14.6 Å². The summed E-state index contributed by atoms with van der Waals surface area (Å²) in [6.07, 6.45) is 0.468. The topological polar surface area (TPSA) is 69.4 Å². The molecular weight excluding hydrogens is 306 g/mol. The number of rotatable bonds is 5. The van der Waals surface area contributed by atoms with Gasteiger partial charge in [0.2, 0.25) is 0 Å². The largest absolute Gasteiger partial charge is 0.399 e. The molecule has 0 saturated heterocycles. The fourth-order valence-corrected chi connectivity index (χ4v) is 3.91. The van der Waals surface area contributed by atoms with Gasteiger partial charge in [-0.3, -0.25) is 0 Å². The quantitative estimate of drug-likeness (QED) is 0.844. The van der Waals surface area contributed by atoms with Crippen LogP contribution in [0.5, 0.6) is 0 Å². The standard InChI is InChI=1S/C11H16BrNO3S/c1-8(5-6-16-2)17(14,15)11-4-3-9(13)7-10(11)12/h3-4,7-8H,5-6,13H2,1-2H3. The minimum absolute atomic E-state index is 0.273. The summed E-state index contributed by atoms with van der Waals surface area (Å²) in [4.78, 5) is 0.273. The molecule has 0 aliphatic heterocycles. The molecule has 1 aromatic carbocycles. The molecule has 0 bridgehead atoms. The van der Waals surface area contributed by atoms with Crippen LogP contribution in [0.2, 0.25) is 0 Å². The first-order chi connectivity index (χ1) is 7.89. The maximum Gasteiger partial charge on any atom is 0.182 e. The zero-order valence-corrected chi connectivity index (χ0v) is 12.2. The van der Waals surface area contributed by atoms with Crippen molar-refractivity contribution < 1.29 is 13.2 Å². The number of nitrogen functional groups attached to an aromatic ring is 1. The van der Waals surface area contributed by atoms with Crippen LogP contribution in [0.25, 0.3) is 0 Å². The van der Waals surface area contributed by atoms with Crippen molar-refractivity contribution in [2.24, 2.45) is 0 Å². The fourth-order valence-electron chi connectivity index (χ4n) is 1.40. The van der Waals surface area contributed by atoms with Gasteiger partial charge in [0.25, 0.3) is 0 Å². The first-order valence-electron chi connectivity index (χ1n) is 5.17. The molecule has 1 rings (SSSR count). The Labute approximate surface area is 110 Å². The van der Waals surface area contributed by atoms with Gasteiger partial charge in [-0.15, -0.1) is 0 Å². The van der Waals surface area contributed by atoms with Crippen LogP contribution in [0.3, 0.4) is 0 Å². The van der Waals surface area contributed by atoms with Gasteiger partial charge in [-0.25, -0.2) is 8.42 Å². The Kier molecular flexibility index (Phi) is 4.97. The van der Waals surface area contributed by atoms with Crippen LogP contribution < -0.4 is 5.73 Å². The van der Waals surface area contributed by atoms with Crippen LogP contribution in [-0.4, -0.2) is 27.4 Å². The van der Waals surface area contributed by atoms with Gasteiger partial charge in [-0.2, -0.15) is 0 Å². The molecule has 1 atom stereocenters. The van der Waals surface area contributed by atoms with Gasteiger partial charge in [0.15, 0.2) is 9.84 Å². The summed E-state index contributed by atoms with van der Waals surface area (Å²) in [5, 5.41) is -0.484. The summed E-state index contributed by atoms with van der Waals surface area (Å²) in [6.45, 7) is 2.10. The third kappa shape index (κ3) is 3.43. The van der Waals surface area contributed by atoms with E-state index in [1.165, 1.54) is 6.07 Å². The monoisotopic (exact) mass is 321 g/mol. The molecule has 2 N–H and O–H groups in total. The number of sulfone groups is 1. The number of nitrogens with two attached hydrogens (primary N) is 1. The second-order valence-electron chi connectivity index (χ2n) is 3.83. The second-order valence-corrected chi connectivity index (χ2v) is 7.02. The lowest BCUT2D eigenvalue weighted by atomic mass is 10.3. The average molecular weight is 322 g/mol. The van der Waals surface area contributed by atoms with Crippen molar-refractivity contribution in [1.29, 1.82) is 0 Å². The highest BCUT2D eigenvalue weighted by Gasteiger charge is 2.25. The summed E-state index contributed by atoms with van der Waals surface area (Å²) in [7, 11) is -1.79. The molecule has 1 unspecified atom stereocenters. The number of anilines is 1. The summed E-state index contributed by atoms with van der Waals surface area (Å²) in [5.41, 5.74) is 6.11. The molecule has 0 heterocycles. The maximum absolute atomic E-state index is 12.2. The average Bonchev–Trinajstić information content (AvgIpc) is 2.25. The Balaban J connectivity index is 3.04. The van der Waals surface area contributed by atoms with E-state index in [2.05, 4.69) is 15.9 Å². The number of methoxy groups -OCH3 is 1. The van der Waals surface area contributed by atoms with Crippen molar-refractivity contribution in [2.75, 3.05) is 19.5 Å². The molecule has 0 fully saturated rings. The Morgan fingerprint density at radius 2 is 2.12 bits per heavy atom. The highest BCUT2D eigenvalue weighted by atomic mass is 79.9. The summed E-state index contributed by atoms with van der Waals surface area (Å²) >= 11 is 3.23. The smallest absolute Gasteiger partial charge is 0.182 e. The highest BCUT2D eigenvalue weighted by Crippen LogP contribution is 2.28. The van der Waals surface area contributed by atoms with Crippen LogP contribution in [0, 0.1) is 0 Å². The van der Waals surface area contributed by atoms with Gasteiger partial charge < -0.3 is 10.5 Å². The lowest BCUT2D eigenvalue weighted by Gasteiger charge is -2.14. The van der Waals surface area contributed by atoms with Crippen molar-refractivity contribution in [3.63, 3.8) is 0 Å². The number of benzene rings is 1. The predicted molar refractivity (Wildman–Crippen MR) is 71.7 cm³/mol. The van der Waals surface area contributed by atoms with E-state index in [0.29, 0.717) is 23.2 Å². The van der Waals surface area contributed by atoms with E-state index in [4.69, 9.17) is 10.5 Å². The molecule has 6 heteroatoms. The van der Waals surface area contributed by atoms with Gasteiger partial charge in [0.1, 0.15) is 0 Å². The molecule has 1 aromatic rings. The molecule has 0 amide bonds. The van der Waals surface area contributed by atoms with Gasteiger partial charge in [0.05, 0.1) is 10.1 Å². The third-order valence-electron chi connectivity index (χ3n) is 2.52. The molecular formula is C11H16BrNO3S. The van der Waals surface area contributed by atoms with Gasteiger partial charge in [-0.1, -0.05) is 0 Å². The van der Waals surface area contributed by atoms with Crippen molar-refractivity contribution in [1.82, 2.24) is 0 Å². The normalized spacial score (nSPS) is 13.6. The number of halogens is 1. The predicted octanol–water partition coefficient (Wildman–Crippen LogP) is 2.23. The highest BCUT2D eigenvalue weighted by molar-refractivity contribution is 9.10. The van der Waals surface area contributed by atoms with Gasteiger partial charge in [-0.05, 0) is 47.5 Å². The number of hydrogen-bond donors (Lipinski definition) is 1. The number of hydrogen-bond acceptors (Lipinski definition) is 4. The minimum atomic E-state index is -3.34. The Hall–Kier alpha value is -0.590. The second kappa shape index (κ2) is 5.84. The minimum Gasteiger partial charge on any atom is -0.399 e. The first-order valence-corrected chi connectivity index (χ1v) is 7.51. The van der Waals surface area contributed by atoms with E-state index in [0.717, 1.165) is 0 Å². The van der Waals surface area contributed by atoms with E-state index in [9.17, 15) is 8.42 Å². The molecule has 96 valence electrons. The molecule has 0 aromatic heterocycles.